The van der Waals surface area contributed by atoms with Gasteiger partial charge in [-0.05, 0) is 32.0 Å². The summed E-state index contributed by atoms with van der Waals surface area (Å²) in [5.41, 5.74) is 5.37. The average molecular weight is 369 g/mol. The van der Waals surface area contributed by atoms with Crippen LogP contribution in [0.4, 0.5) is 0 Å². The molecule has 3 aromatic rings. The molecule has 1 aliphatic heterocycles. The van der Waals surface area contributed by atoms with Gasteiger partial charge in [-0.15, -0.1) is 6.42 Å². The second kappa shape index (κ2) is 7.16. The molecule has 0 amide bonds. The van der Waals surface area contributed by atoms with Gasteiger partial charge in [0.15, 0.2) is 5.69 Å². The van der Waals surface area contributed by atoms with E-state index in [1.54, 1.807) is 13.3 Å². The fraction of sp³-hybridized carbons (Fsp3) is 0.174. The SMILES string of the molecule is C#Cc1ccc2c(c1)C(c1ccccc1)=NC(C)c1c(C(=O)OCC)ncn1-2. The van der Waals surface area contributed by atoms with Crippen LogP contribution in [0.5, 0.6) is 0 Å². The minimum atomic E-state index is -0.441. The molecular formula is C23H19N3O2. The summed E-state index contributed by atoms with van der Waals surface area (Å²) in [6.45, 7) is 4.02. The van der Waals surface area contributed by atoms with Crippen LogP contribution in [0.3, 0.4) is 0 Å². The van der Waals surface area contributed by atoms with Crippen molar-refractivity contribution in [1.82, 2.24) is 9.55 Å². The van der Waals surface area contributed by atoms with Gasteiger partial charge in [-0.1, -0.05) is 36.3 Å². The lowest BCUT2D eigenvalue weighted by Crippen LogP contribution is -2.11. The smallest absolute Gasteiger partial charge is 0.358 e. The largest absolute Gasteiger partial charge is 0.461 e. The van der Waals surface area contributed by atoms with Gasteiger partial charge < -0.3 is 4.74 Å². The number of carbonyl (C=O) groups excluding carboxylic acids is 1. The first-order valence-corrected chi connectivity index (χ1v) is 9.13. The van der Waals surface area contributed by atoms with Crippen molar-refractivity contribution in [3.8, 4) is 18.0 Å². The Labute approximate surface area is 163 Å². The van der Waals surface area contributed by atoms with Gasteiger partial charge >= 0.3 is 5.97 Å². The quantitative estimate of drug-likeness (QED) is 0.519. The molecule has 0 saturated heterocycles. The third-order valence-electron chi connectivity index (χ3n) is 4.72. The molecule has 1 atom stereocenters. The van der Waals surface area contributed by atoms with Crippen LogP contribution in [-0.2, 0) is 4.74 Å². The predicted octanol–water partition coefficient (Wildman–Crippen LogP) is 3.94. The zero-order valence-corrected chi connectivity index (χ0v) is 15.7. The number of aliphatic imine (C=N–C) groups is 1. The van der Waals surface area contributed by atoms with Gasteiger partial charge in [0.05, 0.1) is 29.7 Å². The van der Waals surface area contributed by atoms with E-state index >= 15 is 0 Å². The molecule has 1 aliphatic rings. The standard InChI is InChI=1S/C23H19N3O2/c1-4-16-11-12-19-18(13-16)20(17-9-7-6-8-10-17)25-15(3)22-21(23(27)28-5-2)24-14-26(19)22/h1,6-15H,5H2,2-3H3. The van der Waals surface area contributed by atoms with Crippen molar-refractivity contribution in [3.05, 3.63) is 82.9 Å². The van der Waals surface area contributed by atoms with Crippen molar-refractivity contribution in [2.45, 2.75) is 19.9 Å². The number of rotatable bonds is 3. The Balaban J connectivity index is 1.99. The second-order valence-corrected chi connectivity index (χ2v) is 6.46. The average Bonchev–Trinajstić information content (AvgIpc) is 3.13. The van der Waals surface area contributed by atoms with Crippen LogP contribution in [0.2, 0.25) is 0 Å². The molecule has 0 spiro atoms. The van der Waals surface area contributed by atoms with E-state index in [4.69, 9.17) is 16.2 Å². The number of imidazole rings is 1. The summed E-state index contributed by atoms with van der Waals surface area (Å²) < 4.78 is 7.10. The van der Waals surface area contributed by atoms with E-state index in [1.165, 1.54) is 0 Å². The monoisotopic (exact) mass is 369 g/mol. The van der Waals surface area contributed by atoms with Crippen LogP contribution in [0.1, 0.15) is 52.8 Å². The lowest BCUT2D eigenvalue weighted by atomic mass is 9.98. The number of esters is 1. The van der Waals surface area contributed by atoms with Crippen molar-refractivity contribution < 1.29 is 9.53 Å². The molecule has 2 aromatic carbocycles. The third-order valence-corrected chi connectivity index (χ3v) is 4.72. The van der Waals surface area contributed by atoms with Crippen LogP contribution in [-0.4, -0.2) is 27.8 Å². The Bertz CT molecular complexity index is 1120. The van der Waals surface area contributed by atoms with Gasteiger partial charge in [-0.25, -0.2) is 9.78 Å². The molecule has 0 saturated carbocycles. The molecular weight excluding hydrogens is 350 g/mol. The number of hydrogen-bond acceptors (Lipinski definition) is 4. The highest BCUT2D eigenvalue weighted by Gasteiger charge is 2.29. The highest BCUT2D eigenvalue weighted by atomic mass is 16.5. The molecule has 0 bridgehead atoms. The predicted molar refractivity (Wildman–Crippen MR) is 108 cm³/mol. The summed E-state index contributed by atoms with van der Waals surface area (Å²) in [4.78, 5) is 21.7. The molecule has 1 aromatic heterocycles. The fourth-order valence-corrected chi connectivity index (χ4v) is 3.48. The first-order chi connectivity index (χ1) is 13.6. The highest BCUT2D eigenvalue weighted by molar-refractivity contribution is 6.15. The normalized spacial score (nSPS) is 14.9. The molecule has 0 fully saturated rings. The van der Waals surface area contributed by atoms with Crippen LogP contribution < -0.4 is 0 Å². The highest BCUT2D eigenvalue weighted by Crippen LogP contribution is 2.33. The lowest BCUT2D eigenvalue weighted by Gasteiger charge is -2.12. The van der Waals surface area contributed by atoms with E-state index in [9.17, 15) is 4.79 Å². The maximum Gasteiger partial charge on any atom is 0.358 e. The van der Waals surface area contributed by atoms with E-state index in [0.29, 0.717) is 18.0 Å². The van der Waals surface area contributed by atoms with Gasteiger partial charge in [0, 0.05) is 16.7 Å². The number of nitrogens with zero attached hydrogens (tertiary/aromatic N) is 3. The van der Waals surface area contributed by atoms with Crippen LogP contribution in [0, 0.1) is 12.3 Å². The lowest BCUT2D eigenvalue weighted by molar-refractivity contribution is 0.0518. The number of hydrogen-bond donors (Lipinski definition) is 0. The molecule has 5 nitrogen and oxygen atoms in total. The third kappa shape index (κ3) is 2.89. The molecule has 138 valence electrons. The topological polar surface area (TPSA) is 56.5 Å². The Morgan fingerprint density at radius 2 is 2.04 bits per heavy atom. The van der Waals surface area contributed by atoms with Crippen molar-refractivity contribution in [2.24, 2.45) is 4.99 Å². The zero-order valence-electron chi connectivity index (χ0n) is 15.7. The minimum absolute atomic E-state index is 0.291. The van der Waals surface area contributed by atoms with Gasteiger partial charge in [0.2, 0.25) is 0 Å². The van der Waals surface area contributed by atoms with Crippen LogP contribution >= 0.6 is 0 Å². The maximum atomic E-state index is 12.4. The van der Waals surface area contributed by atoms with Crippen LogP contribution in [0.15, 0.2) is 59.9 Å². The Morgan fingerprint density at radius 3 is 2.75 bits per heavy atom. The number of carbonyl (C=O) groups is 1. The number of fused-ring (bicyclic) bond motifs is 3. The Kier molecular flexibility index (Phi) is 4.54. The molecule has 28 heavy (non-hydrogen) atoms. The molecule has 0 N–H and O–H groups in total. The summed E-state index contributed by atoms with van der Waals surface area (Å²) in [5.74, 6) is 2.25. The van der Waals surface area contributed by atoms with Gasteiger partial charge in [-0.3, -0.25) is 9.56 Å². The minimum Gasteiger partial charge on any atom is -0.461 e. The van der Waals surface area contributed by atoms with Crippen molar-refractivity contribution in [2.75, 3.05) is 6.61 Å². The van der Waals surface area contributed by atoms with Crippen molar-refractivity contribution in [1.29, 1.82) is 0 Å². The number of aromatic nitrogens is 2. The number of benzene rings is 2. The summed E-state index contributed by atoms with van der Waals surface area (Å²) >= 11 is 0. The maximum absolute atomic E-state index is 12.4. The Morgan fingerprint density at radius 1 is 1.25 bits per heavy atom. The first-order valence-electron chi connectivity index (χ1n) is 9.13. The van der Waals surface area contributed by atoms with Gasteiger partial charge in [0.1, 0.15) is 6.33 Å². The van der Waals surface area contributed by atoms with E-state index in [2.05, 4.69) is 10.9 Å². The summed E-state index contributed by atoms with van der Waals surface area (Å²) in [7, 11) is 0. The number of ether oxygens (including phenoxy) is 1. The zero-order chi connectivity index (χ0) is 19.7. The van der Waals surface area contributed by atoms with Crippen molar-refractivity contribution >= 4 is 11.7 Å². The molecule has 5 heteroatoms. The molecule has 2 heterocycles. The van der Waals surface area contributed by atoms with E-state index < -0.39 is 5.97 Å². The van der Waals surface area contributed by atoms with Crippen molar-refractivity contribution in [3.63, 3.8) is 0 Å². The summed E-state index contributed by atoms with van der Waals surface area (Å²) in [5, 5.41) is 0. The van der Waals surface area contributed by atoms with Gasteiger partial charge in [0.25, 0.3) is 0 Å². The molecule has 0 aliphatic carbocycles. The van der Waals surface area contributed by atoms with E-state index in [0.717, 1.165) is 28.1 Å². The first kappa shape index (κ1) is 17.7. The Hall–Kier alpha value is -3.65. The fourth-order valence-electron chi connectivity index (χ4n) is 3.48. The number of terminal acetylenes is 1. The summed E-state index contributed by atoms with van der Waals surface area (Å²) in [6.07, 6.45) is 7.28. The molecule has 0 radical (unpaired) electrons. The second-order valence-electron chi connectivity index (χ2n) is 6.46. The van der Waals surface area contributed by atoms with Gasteiger partial charge in [-0.2, -0.15) is 0 Å². The van der Waals surface area contributed by atoms with Crippen LogP contribution in [0.25, 0.3) is 5.69 Å². The summed E-state index contributed by atoms with van der Waals surface area (Å²) in [6, 6.07) is 15.4. The van der Waals surface area contributed by atoms with E-state index in [-0.39, 0.29) is 6.04 Å². The molecule has 4 rings (SSSR count). The molecule has 1 unspecified atom stereocenters. The van der Waals surface area contributed by atoms with E-state index in [1.807, 2.05) is 60.0 Å².